The fraction of sp³-hybridized carbons (Fsp3) is 0. The number of hydrogen-bond donors (Lipinski definition) is 3. The molecular formula is C60H47B3N2O3. The minimum absolute atomic E-state index is 0.162. The lowest BCUT2D eigenvalue weighted by atomic mass is 9.76. The molecule has 10 aromatic rings. The predicted molar refractivity (Wildman–Crippen MR) is 293 cm³/mol. The number of benzene rings is 10. The average molecular weight is 876 g/mol. The van der Waals surface area contributed by atoms with Gasteiger partial charge in [-0.15, -0.1) is 0 Å². The van der Waals surface area contributed by atoms with Crippen molar-refractivity contribution in [1.82, 2.24) is 0 Å². The average Bonchev–Trinajstić information content (AvgIpc) is 3.39. The van der Waals surface area contributed by atoms with Crippen LogP contribution in [0.3, 0.4) is 0 Å². The van der Waals surface area contributed by atoms with E-state index in [2.05, 4.69) is 192 Å². The zero-order valence-corrected chi connectivity index (χ0v) is 38.2. The van der Waals surface area contributed by atoms with Crippen molar-refractivity contribution >= 4 is 74.1 Å². The maximum Gasteiger partial charge on any atom is 0.161 e. The predicted octanol–water partition coefficient (Wildman–Crippen LogP) is 10.9. The fourth-order valence-electron chi connectivity index (χ4n) is 8.96. The first-order valence-corrected chi connectivity index (χ1v) is 22.8. The molecule has 0 atom stereocenters. The van der Waals surface area contributed by atoms with E-state index in [0.29, 0.717) is 5.69 Å². The molecule has 0 bridgehead atoms. The van der Waals surface area contributed by atoms with Crippen LogP contribution in [-0.2, 0) is 0 Å². The summed E-state index contributed by atoms with van der Waals surface area (Å²) in [6.07, 6.45) is 0. The maximum atomic E-state index is 11.0. The third-order valence-corrected chi connectivity index (χ3v) is 12.9. The van der Waals surface area contributed by atoms with Gasteiger partial charge >= 0.3 is 0 Å². The molecule has 68 heavy (non-hydrogen) atoms. The van der Waals surface area contributed by atoms with Crippen LogP contribution in [0.5, 0.6) is 17.2 Å². The third-order valence-electron chi connectivity index (χ3n) is 12.9. The Kier molecular flexibility index (Phi) is 11.9. The molecule has 0 aliphatic heterocycles. The summed E-state index contributed by atoms with van der Waals surface area (Å²) in [5, 5.41) is 31.6. The van der Waals surface area contributed by atoms with Gasteiger partial charge in [0.2, 0.25) is 0 Å². The largest absolute Gasteiger partial charge is 0.506 e. The second-order valence-electron chi connectivity index (χ2n) is 17.3. The Morgan fingerprint density at radius 1 is 0.235 bits per heavy atom. The number of anilines is 6. The van der Waals surface area contributed by atoms with Gasteiger partial charge in [0.05, 0.1) is 5.69 Å². The highest BCUT2D eigenvalue weighted by molar-refractivity contribution is 6.51. The Bertz CT molecular complexity index is 3120. The first-order chi connectivity index (χ1) is 33.2. The number of rotatable bonds is 11. The van der Waals surface area contributed by atoms with Gasteiger partial charge in [0.1, 0.15) is 29.3 Å². The van der Waals surface area contributed by atoms with Gasteiger partial charge < -0.3 is 25.1 Å². The molecule has 0 aliphatic carbocycles. The number of aromatic hydroxyl groups is 3. The first kappa shape index (κ1) is 43.3. The van der Waals surface area contributed by atoms with Crippen molar-refractivity contribution in [3.05, 3.63) is 231 Å². The topological polar surface area (TPSA) is 67.2 Å². The van der Waals surface area contributed by atoms with E-state index in [9.17, 15) is 15.3 Å². The zero-order chi connectivity index (χ0) is 46.7. The van der Waals surface area contributed by atoms with Crippen LogP contribution in [0.25, 0.3) is 55.6 Å². The Balaban J connectivity index is 0.873. The molecule has 0 heterocycles. The van der Waals surface area contributed by atoms with Crippen LogP contribution in [0, 0.1) is 0 Å². The number of phenols is 3. The molecule has 0 amide bonds. The normalized spacial score (nSPS) is 11.0. The van der Waals surface area contributed by atoms with Crippen molar-refractivity contribution in [3.63, 3.8) is 0 Å². The van der Waals surface area contributed by atoms with E-state index in [-0.39, 0.29) is 17.2 Å². The van der Waals surface area contributed by atoms with Gasteiger partial charge in [-0.05, 0) is 110 Å². The lowest BCUT2D eigenvalue weighted by molar-refractivity contribution is 0.397. The Labute approximate surface area is 400 Å². The lowest BCUT2D eigenvalue weighted by Gasteiger charge is -2.28. The van der Waals surface area contributed by atoms with E-state index in [1.54, 1.807) is 0 Å². The summed E-state index contributed by atoms with van der Waals surface area (Å²) in [4.78, 5) is 4.22. The molecule has 0 fully saturated rings. The highest BCUT2D eigenvalue weighted by Crippen LogP contribution is 2.45. The number of hydrogen-bond acceptors (Lipinski definition) is 5. The van der Waals surface area contributed by atoms with E-state index >= 15 is 0 Å². The van der Waals surface area contributed by atoms with Gasteiger partial charge in [-0.2, -0.15) is 0 Å². The van der Waals surface area contributed by atoms with Crippen LogP contribution in [0.1, 0.15) is 0 Å². The Morgan fingerprint density at radius 3 is 0.838 bits per heavy atom. The van der Waals surface area contributed by atoms with Gasteiger partial charge in [0, 0.05) is 40.6 Å². The summed E-state index contributed by atoms with van der Waals surface area (Å²) in [5.74, 6) is -0.873. The fourth-order valence-corrected chi connectivity index (χ4v) is 8.96. The second-order valence-corrected chi connectivity index (χ2v) is 17.3. The van der Waals surface area contributed by atoms with Gasteiger partial charge in [-0.3, -0.25) is 0 Å². The van der Waals surface area contributed by atoms with Gasteiger partial charge in [-0.1, -0.05) is 180 Å². The first-order valence-electron chi connectivity index (χ1n) is 22.8. The third kappa shape index (κ3) is 8.88. The van der Waals surface area contributed by atoms with E-state index in [4.69, 9.17) is 0 Å². The highest BCUT2D eigenvalue weighted by atomic mass is 16.3. The van der Waals surface area contributed by atoms with Crippen LogP contribution >= 0.6 is 0 Å². The smallest absolute Gasteiger partial charge is 0.161 e. The van der Waals surface area contributed by atoms with Crippen molar-refractivity contribution in [2.45, 2.75) is 0 Å². The van der Waals surface area contributed by atoms with Crippen molar-refractivity contribution in [2.24, 2.45) is 0 Å². The SMILES string of the molecule is Bc1cc(B)c(N(c2ccc(-c3ccccc3)cc2)c2ccc(-c3ccc(-c4ccc(-c5ccc(N(c6ccc(-c7ccccc7)cc6)c6cc(O)c(O)cc6O)cc5)cc4)cc3)cc2)cc1B. The molecule has 0 saturated carbocycles. The van der Waals surface area contributed by atoms with Gasteiger partial charge in [0.15, 0.2) is 11.5 Å². The maximum absolute atomic E-state index is 11.0. The molecule has 10 rings (SSSR count). The van der Waals surface area contributed by atoms with Crippen LogP contribution in [-0.4, -0.2) is 38.9 Å². The number of phenolic OH excluding ortho intramolecular Hbond substituents is 3. The molecule has 324 valence electrons. The molecule has 0 aliphatic rings. The summed E-state index contributed by atoms with van der Waals surface area (Å²) < 4.78 is 0. The van der Waals surface area contributed by atoms with Gasteiger partial charge in [-0.25, -0.2) is 0 Å². The van der Waals surface area contributed by atoms with Crippen molar-refractivity contribution in [1.29, 1.82) is 0 Å². The van der Waals surface area contributed by atoms with Crippen LogP contribution in [0.4, 0.5) is 34.1 Å². The quantitative estimate of drug-likeness (QED) is 0.0686. The van der Waals surface area contributed by atoms with E-state index in [1.807, 2.05) is 59.5 Å². The molecule has 0 unspecified atom stereocenters. The Morgan fingerprint density at radius 2 is 0.500 bits per heavy atom. The molecule has 8 heteroatoms. The summed E-state index contributed by atoms with van der Waals surface area (Å²) in [6, 6.07) is 78.9. The van der Waals surface area contributed by atoms with Crippen molar-refractivity contribution in [2.75, 3.05) is 9.80 Å². The van der Waals surface area contributed by atoms with Crippen molar-refractivity contribution < 1.29 is 15.3 Å². The summed E-state index contributed by atoms with van der Waals surface area (Å²) in [7, 11) is 6.55. The van der Waals surface area contributed by atoms with E-state index in [0.717, 1.165) is 73.3 Å². The van der Waals surface area contributed by atoms with Crippen LogP contribution < -0.4 is 26.2 Å². The molecule has 5 nitrogen and oxygen atoms in total. The second kappa shape index (κ2) is 18.7. The van der Waals surface area contributed by atoms with Crippen molar-refractivity contribution in [3.8, 4) is 72.9 Å². The molecule has 10 aromatic carbocycles. The summed E-state index contributed by atoms with van der Waals surface area (Å²) >= 11 is 0. The molecule has 0 radical (unpaired) electrons. The minimum atomic E-state index is -0.390. The Hall–Kier alpha value is -8.61. The molecule has 0 spiro atoms. The van der Waals surface area contributed by atoms with Gasteiger partial charge in [0.25, 0.3) is 0 Å². The molecular weight excluding hydrogens is 829 g/mol. The standard InChI is InChI=1S/C60H47B3N2O3/c61-53-35-55(63)56(36-54(53)62)64(49-27-19-45(20-28-49)39-7-3-1-4-8-39)50-29-23-47(24-30-50)43-15-11-41(12-16-43)42-13-17-44(18-14-42)48-25-33-52(34-26-48)65(57-37-59(67)60(68)38-58(57)66)51-31-21-46(22-32-51)40-9-5-2-6-10-40/h1-38,66-68H,61-63H2. The number of nitrogens with zero attached hydrogens (tertiary/aromatic N) is 2. The monoisotopic (exact) mass is 876 g/mol. The van der Waals surface area contributed by atoms with E-state index in [1.165, 1.54) is 39.3 Å². The summed E-state index contributed by atoms with van der Waals surface area (Å²) in [5.41, 5.74) is 20.2. The molecule has 3 N–H and O–H groups in total. The highest BCUT2D eigenvalue weighted by Gasteiger charge is 2.20. The molecule has 0 aromatic heterocycles. The summed E-state index contributed by atoms with van der Waals surface area (Å²) in [6.45, 7) is 0. The van der Waals surface area contributed by atoms with Crippen LogP contribution in [0.2, 0.25) is 0 Å². The lowest BCUT2D eigenvalue weighted by Crippen LogP contribution is -2.33. The van der Waals surface area contributed by atoms with Crippen LogP contribution in [0.15, 0.2) is 231 Å². The van der Waals surface area contributed by atoms with E-state index < -0.39 is 0 Å². The zero-order valence-electron chi connectivity index (χ0n) is 38.2. The minimum Gasteiger partial charge on any atom is -0.506 e. The molecule has 0 saturated heterocycles.